The van der Waals surface area contributed by atoms with Crippen LogP contribution in [0.5, 0.6) is 0 Å². The summed E-state index contributed by atoms with van der Waals surface area (Å²) in [4.78, 5) is 12.3. The highest BCUT2D eigenvalue weighted by Gasteiger charge is 2.19. The molecule has 1 atom stereocenters. The molecular formula is C13H20N4O3. The second-order valence-electron chi connectivity index (χ2n) is 4.96. The Bertz CT molecular complexity index is 475. The highest BCUT2D eigenvalue weighted by molar-refractivity contribution is 5.66. The zero-order chi connectivity index (χ0) is 14.5. The van der Waals surface area contributed by atoms with Crippen molar-refractivity contribution < 1.29 is 10.0 Å². The fourth-order valence-electron chi connectivity index (χ4n) is 2.53. The van der Waals surface area contributed by atoms with Gasteiger partial charge in [-0.2, -0.15) is 0 Å². The van der Waals surface area contributed by atoms with Gasteiger partial charge in [0.1, 0.15) is 5.69 Å². The molecule has 0 saturated carbocycles. The molecular weight excluding hydrogens is 260 g/mol. The Kier molecular flexibility index (Phi) is 4.75. The minimum atomic E-state index is -0.492. The van der Waals surface area contributed by atoms with E-state index in [0.717, 1.165) is 31.6 Å². The van der Waals surface area contributed by atoms with Crippen LogP contribution < -0.4 is 16.0 Å². The topological polar surface area (TPSA) is 105 Å². The lowest BCUT2D eigenvalue weighted by Gasteiger charge is -2.27. The van der Waals surface area contributed by atoms with Gasteiger partial charge in [-0.3, -0.25) is 10.1 Å². The van der Waals surface area contributed by atoms with E-state index in [0.29, 0.717) is 12.6 Å². The van der Waals surface area contributed by atoms with E-state index in [9.17, 15) is 15.2 Å². The molecule has 1 heterocycles. The lowest BCUT2D eigenvalue weighted by Crippen LogP contribution is -2.39. The molecule has 1 unspecified atom stereocenters. The number of anilines is 2. The zero-order valence-corrected chi connectivity index (χ0v) is 11.3. The molecule has 0 radical (unpaired) electrons. The Morgan fingerprint density at radius 2 is 2.35 bits per heavy atom. The van der Waals surface area contributed by atoms with Gasteiger partial charge in [0.2, 0.25) is 0 Å². The second-order valence-corrected chi connectivity index (χ2v) is 4.96. The van der Waals surface area contributed by atoms with Gasteiger partial charge in [-0.05, 0) is 31.5 Å². The van der Waals surface area contributed by atoms with Crippen molar-refractivity contribution in [3.8, 4) is 0 Å². The van der Waals surface area contributed by atoms with E-state index < -0.39 is 4.92 Å². The second kappa shape index (κ2) is 6.53. The average Bonchev–Trinajstić information content (AvgIpc) is 2.90. The Morgan fingerprint density at radius 3 is 2.90 bits per heavy atom. The van der Waals surface area contributed by atoms with Crippen LogP contribution in [0.3, 0.4) is 0 Å². The van der Waals surface area contributed by atoms with Gasteiger partial charge in [0.25, 0.3) is 5.69 Å². The van der Waals surface area contributed by atoms with Gasteiger partial charge in [0.15, 0.2) is 0 Å². The monoisotopic (exact) mass is 280 g/mol. The van der Waals surface area contributed by atoms with Crippen LogP contribution in [-0.2, 0) is 0 Å². The number of hydrogen-bond donors (Lipinski definition) is 3. The van der Waals surface area contributed by atoms with Gasteiger partial charge in [0.05, 0.1) is 11.5 Å². The molecule has 1 saturated heterocycles. The summed E-state index contributed by atoms with van der Waals surface area (Å²) in [5, 5.41) is 23.3. The fraction of sp³-hybridized carbons (Fsp3) is 0.538. The highest BCUT2D eigenvalue weighted by atomic mass is 16.6. The first-order chi connectivity index (χ1) is 9.61. The summed E-state index contributed by atoms with van der Waals surface area (Å²) in [6.07, 6.45) is 2.25. The van der Waals surface area contributed by atoms with Crippen molar-refractivity contribution in [2.75, 3.05) is 36.9 Å². The number of hydrogen-bond acceptors (Lipinski definition) is 6. The molecule has 0 aliphatic carbocycles. The highest BCUT2D eigenvalue weighted by Crippen LogP contribution is 2.27. The largest absolute Gasteiger partial charge is 0.395 e. The predicted molar refractivity (Wildman–Crippen MR) is 77.8 cm³/mol. The normalized spacial score (nSPS) is 18.1. The Balaban J connectivity index is 2.15. The fourth-order valence-corrected chi connectivity index (χ4v) is 2.53. The minimum absolute atomic E-state index is 0.0314. The average molecular weight is 280 g/mol. The number of nitrogen functional groups attached to an aromatic ring is 1. The van der Waals surface area contributed by atoms with E-state index >= 15 is 0 Å². The van der Waals surface area contributed by atoms with Gasteiger partial charge < -0.3 is 21.1 Å². The van der Waals surface area contributed by atoms with Crippen LogP contribution in [0.25, 0.3) is 0 Å². The van der Waals surface area contributed by atoms with Gasteiger partial charge in [-0.1, -0.05) is 0 Å². The Morgan fingerprint density at radius 1 is 1.55 bits per heavy atom. The number of nitrogens with zero attached hydrogens (tertiary/aromatic N) is 2. The van der Waals surface area contributed by atoms with Gasteiger partial charge in [-0.15, -0.1) is 0 Å². The van der Waals surface area contributed by atoms with E-state index in [4.69, 9.17) is 5.73 Å². The van der Waals surface area contributed by atoms with Gasteiger partial charge in [0, 0.05) is 30.9 Å². The van der Waals surface area contributed by atoms with Gasteiger partial charge >= 0.3 is 0 Å². The van der Waals surface area contributed by atoms with E-state index in [1.165, 1.54) is 6.07 Å². The number of nitro benzene ring substituents is 1. The Hall–Kier alpha value is -1.86. The molecule has 20 heavy (non-hydrogen) atoms. The molecule has 4 N–H and O–H groups in total. The third kappa shape index (κ3) is 3.37. The summed E-state index contributed by atoms with van der Waals surface area (Å²) in [7, 11) is 0. The van der Waals surface area contributed by atoms with Crippen molar-refractivity contribution in [1.29, 1.82) is 0 Å². The summed E-state index contributed by atoms with van der Waals surface area (Å²) >= 11 is 0. The van der Waals surface area contributed by atoms with Crippen LogP contribution in [0.4, 0.5) is 17.1 Å². The van der Waals surface area contributed by atoms with Crippen LogP contribution >= 0.6 is 0 Å². The summed E-state index contributed by atoms with van der Waals surface area (Å²) in [5.74, 6) is 0. The number of aliphatic hydroxyl groups excluding tert-OH is 1. The molecule has 7 heteroatoms. The third-order valence-electron chi connectivity index (χ3n) is 3.55. The molecule has 0 spiro atoms. The number of benzene rings is 1. The molecule has 1 aliphatic rings. The Labute approximate surface area is 117 Å². The van der Waals surface area contributed by atoms with E-state index in [2.05, 4.69) is 5.32 Å². The van der Waals surface area contributed by atoms with E-state index in [-0.39, 0.29) is 18.0 Å². The van der Waals surface area contributed by atoms with Crippen molar-refractivity contribution in [3.05, 3.63) is 28.3 Å². The summed E-state index contributed by atoms with van der Waals surface area (Å²) in [6, 6.07) is 5.08. The molecule has 0 amide bonds. The lowest BCUT2D eigenvalue weighted by molar-refractivity contribution is -0.383. The molecule has 2 rings (SSSR count). The molecule has 1 aromatic rings. The first-order valence-electron chi connectivity index (χ1n) is 6.75. The van der Waals surface area contributed by atoms with Crippen molar-refractivity contribution in [2.45, 2.75) is 18.9 Å². The summed E-state index contributed by atoms with van der Waals surface area (Å²) < 4.78 is 0. The minimum Gasteiger partial charge on any atom is -0.395 e. The maximum absolute atomic E-state index is 10.8. The molecule has 7 nitrogen and oxygen atoms in total. The molecule has 110 valence electrons. The number of rotatable bonds is 6. The van der Waals surface area contributed by atoms with Crippen LogP contribution in [0.15, 0.2) is 18.2 Å². The van der Waals surface area contributed by atoms with Crippen LogP contribution in [-0.4, -0.2) is 42.3 Å². The molecule has 1 fully saturated rings. The van der Waals surface area contributed by atoms with Crippen LogP contribution in [0.2, 0.25) is 0 Å². The standard InChI is InChI=1S/C13H20N4O3/c14-12-8-11(3-4-13(12)17(19)20)16(6-7-18)9-10-2-1-5-15-10/h3-4,8,10,15,18H,1-2,5-7,9,14H2. The van der Waals surface area contributed by atoms with Crippen LogP contribution in [0.1, 0.15) is 12.8 Å². The van der Waals surface area contributed by atoms with Crippen LogP contribution in [0, 0.1) is 10.1 Å². The number of nitro groups is 1. The quantitative estimate of drug-likeness (QED) is 0.403. The summed E-state index contributed by atoms with van der Waals surface area (Å²) in [6.45, 7) is 2.29. The first-order valence-corrected chi connectivity index (χ1v) is 6.75. The van der Waals surface area contributed by atoms with E-state index in [1.807, 2.05) is 4.90 Å². The third-order valence-corrected chi connectivity index (χ3v) is 3.55. The van der Waals surface area contributed by atoms with Crippen molar-refractivity contribution in [2.24, 2.45) is 0 Å². The summed E-state index contributed by atoms with van der Waals surface area (Å²) in [5.41, 5.74) is 6.58. The maximum Gasteiger partial charge on any atom is 0.292 e. The number of nitrogens with two attached hydrogens (primary N) is 1. The van der Waals surface area contributed by atoms with Gasteiger partial charge in [-0.25, -0.2) is 0 Å². The lowest BCUT2D eigenvalue weighted by atomic mass is 10.1. The predicted octanol–water partition coefficient (Wildman–Crippen LogP) is 0.728. The van der Waals surface area contributed by atoms with E-state index in [1.54, 1.807) is 12.1 Å². The van der Waals surface area contributed by atoms with Crippen molar-refractivity contribution in [3.63, 3.8) is 0 Å². The SMILES string of the molecule is Nc1cc(N(CCO)CC2CCCN2)ccc1[N+](=O)[O-]. The zero-order valence-electron chi connectivity index (χ0n) is 11.3. The molecule has 1 aliphatic heterocycles. The number of nitrogens with one attached hydrogen (secondary N) is 1. The first kappa shape index (κ1) is 14.5. The molecule has 1 aromatic carbocycles. The van der Waals surface area contributed by atoms with Crippen molar-refractivity contribution in [1.82, 2.24) is 5.32 Å². The molecule has 0 bridgehead atoms. The number of aliphatic hydroxyl groups is 1. The van der Waals surface area contributed by atoms with Crippen molar-refractivity contribution >= 4 is 17.1 Å². The molecule has 0 aromatic heterocycles. The smallest absolute Gasteiger partial charge is 0.292 e. The maximum atomic E-state index is 10.8.